The minimum Gasteiger partial charge on any atom is -0.512 e. The Labute approximate surface area is 149 Å². The Bertz CT molecular complexity index is 843. The van der Waals surface area contributed by atoms with Crippen molar-refractivity contribution in [1.82, 2.24) is 0 Å². The molecular formula is C23H24O2. The van der Waals surface area contributed by atoms with Crippen LogP contribution in [0.25, 0.3) is 17.7 Å². The van der Waals surface area contributed by atoms with Crippen molar-refractivity contribution in [2.24, 2.45) is 0 Å². The average molecular weight is 332 g/mol. The summed E-state index contributed by atoms with van der Waals surface area (Å²) in [5.74, 6) is 0.414. The predicted molar refractivity (Wildman–Crippen MR) is 108 cm³/mol. The Kier molecular flexibility index (Phi) is 6.02. The largest absolute Gasteiger partial charge is 0.512 e. The third-order valence-electron chi connectivity index (χ3n) is 4.11. The van der Waals surface area contributed by atoms with Crippen molar-refractivity contribution >= 4 is 17.7 Å². The number of hydrogen-bond donors (Lipinski definition) is 2. The van der Waals surface area contributed by atoms with Gasteiger partial charge in [0.25, 0.3) is 0 Å². The number of allylic oxidation sites excluding steroid dienone is 9. The summed E-state index contributed by atoms with van der Waals surface area (Å²) in [7, 11) is 0. The summed E-state index contributed by atoms with van der Waals surface area (Å²) in [6.07, 6.45) is 15.2. The molecular weight excluding hydrogens is 308 g/mol. The highest BCUT2D eigenvalue weighted by atomic mass is 16.3. The summed E-state index contributed by atoms with van der Waals surface area (Å²) >= 11 is 0. The molecule has 2 rings (SSSR count). The monoisotopic (exact) mass is 332 g/mol. The molecule has 0 radical (unpaired) electrons. The number of phenols is 1. The highest BCUT2D eigenvalue weighted by Gasteiger charge is 2.20. The summed E-state index contributed by atoms with van der Waals surface area (Å²) in [5, 5.41) is 20.9. The fraction of sp³-hybridized carbons (Fsp3) is 0.130. The highest BCUT2D eigenvalue weighted by molar-refractivity contribution is 5.88. The molecule has 0 amide bonds. The average Bonchev–Trinajstić information content (AvgIpc) is 2.75. The van der Waals surface area contributed by atoms with Crippen LogP contribution in [0.1, 0.15) is 37.0 Å². The number of phenolic OH excluding ortho intramolecular Hbond substituents is 1. The molecule has 2 nitrogen and oxygen atoms in total. The van der Waals surface area contributed by atoms with Crippen LogP contribution in [-0.2, 0) is 0 Å². The van der Waals surface area contributed by atoms with E-state index in [0.29, 0.717) is 12.0 Å². The lowest BCUT2D eigenvalue weighted by atomic mass is 9.87. The van der Waals surface area contributed by atoms with Gasteiger partial charge in [-0.05, 0) is 53.8 Å². The summed E-state index contributed by atoms with van der Waals surface area (Å²) in [6, 6.07) is 3.51. The van der Waals surface area contributed by atoms with Gasteiger partial charge in [-0.25, -0.2) is 0 Å². The minimum atomic E-state index is 0.175. The standard InChI is InChI=1S/C23H24O2/c1-5-9-19-16(7-3)11-13-18(24)15-21(19)23-20(10-6-2)17(8-4)12-14-22(23)25/h5-14,24-25H,3-4,15H2,1-2H3/b9-5-,10-6-. The van der Waals surface area contributed by atoms with Crippen molar-refractivity contribution in [3.05, 3.63) is 95.3 Å². The molecule has 1 aromatic rings. The molecule has 2 N–H and O–H groups in total. The molecule has 0 aliphatic heterocycles. The van der Waals surface area contributed by atoms with Crippen molar-refractivity contribution in [3.8, 4) is 5.75 Å². The number of aromatic hydroxyl groups is 1. The fourth-order valence-electron chi connectivity index (χ4n) is 3.02. The molecule has 0 atom stereocenters. The van der Waals surface area contributed by atoms with Crippen LogP contribution >= 0.6 is 0 Å². The van der Waals surface area contributed by atoms with E-state index in [9.17, 15) is 10.2 Å². The van der Waals surface area contributed by atoms with E-state index in [0.717, 1.165) is 27.8 Å². The maximum Gasteiger partial charge on any atom is 0.123 e. The quantitative estimate of drug-likeness (QED) is 0.659. The second-order valence-corrected chi connectivity index (χ2v) is 5.72. The van der Waals surface area contributed by atoms with E-state index >= 15 is 0 Å². The molecule has 2 heteroatoms. The lowest BCUT2D eigenvalue weighted by molar-refractivity contribution is 0.403. The minimum absolute atomic E-state index is 0.175. The maximum absolute atomic E-state index is 10.6. The summed E-state index contributed by atoms with van der Waals surface area (Å²) in [5.41, 5.74) is 5.19. The molecule has 0 aromatic heterocycles. The Morgan fingerprint density at radius 3 is 2.28 bits per heavy atom. The van der Waals surface area contributed by atoms with E-state index in [1.54, 1.807) is 24.3 Å². The fourth-order valence-corrected chi connectivity index (χ4v) is 3.02. The van der Waals surface area contributed by atoms with Crippen LogP contribution in [0, 0.1) is 0 Å². The zero-order valence-electron chi connectivity index (χ0n) is 14.8. The molecule has 0 unspecified atom stereocenters. The normalized spacial score (nSPS) is 15.3. The second-order valence-electron chi connectivity index (χ2n) is 5.72. The molecule has 1 aliphatic rings. The zero-order chi connectivity index (χ0) is 18.4. The molecule has 0 saturated carbocycles. The smallest absolute Gasteiger partial charge is 0.123 e. The lowest BCUT2D eigenvalue weighted by Crippen LogP contribution is -1.99. The molecule has 0 bridgehead atoms. The maximum atomic E-state index is 10.6. The van der Waals surface area contributed by atoms with Gasteiger partial charge in [-0.1, -0.05) is 61.8 Å². The number of rotatable bonds is 5. The van der Waals surface area contributed by atoms with E-state index in [1.165, 1.54) is 0 Å². The highest BCUT2D eigenvalue weighted by Crippen LogP contribution is 2.40. The van der Waals surface area contributed by atoms with Crippen molar-refractivity contribution in [2.45, 2.75) is 20.3 Å². The molecule has 128 valence electrons. The molecule has 0 spiro atoms. The molecule has 1 aliphatic carbocycles. The molecule has 0 heterocycles. The van der Waals surface area contributed by atoms with Crippen LogP contribution < -0.4 is 0 Å². The van der Waals surface area contributed by atoms with Crippen molar-refractivity contribution in [3.63, 3.8) is 0 Å². The Balaban J connectivity index is 2.93. The van der Waals surface area contributed by atoms with Gasteiger partial charge in [0.15, 0.2) is 0 Å². The van der Waals surface area contributed by atoms with Crippen LogP contribution in [0.3, 0.4) is 0 Å². The van der Waals surface area contributed by atoms with Crippen LogP contribution in [-0.4, -0.2) is 10.2 Å². The van der Waals surface area contributed by atoms with Gasteiger partial charge in [-0.2, -0.15) is 0 Å². The van der Waals surface area contributed by atoms with Crippen LogP contribution in [0.5, 0.6) is 5.75 Å². The van der Waals surface area contributed by atoms with Gasteiger partial charge >= 0.3 is 0 Å². The van der Waals surface area contributed by atoms with E-state index in [2.05, 4.69) is 13.2 Å². The second kappa shape index (κ2) is 8.20. The SMILES string of the molecule is C=CC1=CC=C(O)CC(c2c(O)ccc(C=C)c2/C=C\C)=C1/C=C\C. The van der Waals surface area contributed by atoms with Gasteiger partial charge in [-0.3, -0.25) is 0 Å². The van der Waals surface area contributed by atoms with Gasteiger partial charge in [0, 0.05) is 12.0 Å². The number of hydrogen-bond acceptors (Lipinski definition) is 2. The van der Waals surface area contributed by atoms with Crippen molar-refractivity contribution < 1.29 is 10.2 Å². The van der Waals surface area contributed by atoms with E-state index < -0.39 is 0 Å². The van der Waals surface area contributed by atoms with E-state index in [1.807, 2.05) is 50.3 Å². The van der Waals surface area contributed by atoms with E-state index in [-0.39, 0.29) is 11.5 Å². The summed E-state index contributed by atoms with van der Waals surface area (Å²) in [4.78, 5) is 0. The predicted octanol–water partition coefficient (Wildman–Crippen LogP) is 6.36. The van der Waals surface area contributed by atoms with Crippen LogP contribution in [0.2, 0.25) is 0 Å². The molecule has 0 saturated heterocycles. The number of aliphatic hydroxyl groups is 1. The summed E-state index contributed by atoms with van der Waals surface area (Å²) < 4.78 is 0. The van der Waals surface area contributed by atoms with Crippen molar-refractivity contribution in [1.29, 1.82) is 0 Å². The van der Waals surface area contributed by atoms with E-state index in [4.69, 9.17) is 0 Å². The topological polar surface area (TPSA) is 40.5 Å². The van der Waals surface area contributed by atoms with Crippen molar-refractivity contribution in [2.75, 3.05) is 0 Å². The van der Waals surface area contributed by atoms with Crippen LogP contribution in [0.4, 0.5) is 0 Å². The molecule has 1 aromatic carbocycles. The first-order valence-corrected chi connectivity index (χ1v) is 8.27. The number of aliphatic hydroxyl groups excluding tert-OH is 1. The Hall–Kier alpha value is -3.00. The Morgan fingerprint density at radius 1 is 0.960 bits per heavy atom. The third kappa shape index (κ3) is 3.74. The van der Waals surface area contributed by atoms with Gasteiger partial charge in [0.1, 0.15) is 5.75 Å². The van der Waals surface area contributed by atoms with Gasteiger partial charge in [-0.15, -0.1) is 0 Å². The Morgan fingerprint density at radius 2 is 1.68 bits per heavy atom. The molecule has 0 fully saturated rings. The lowest BCUT2D eigenvalue weighted by Gasteiger charge is -2.18. The zero-order valence-corrected chi connectivity index (χ0v) is 14.8. The first kappa shape index (κ1) is 18.3. The van der Waals surface area contributed by atoms with Crippen LogP contribution in [0.15, 0.2) is 78.7 Å². The molecule has 25 heavy (non-hydrogen) atoms. The van der Waals surface area contributed by atoms with Gasteiger partial charge in [0.05, 0.1) is 5.76 Å². The van der Waals surface area contributed by atoms with Gasteiger partial charge in [0.2, 0.25) is 0 Å². The van der Waals surface area contributed by atoms with Gasteiger partial charge < -0.3 is 10.2 Å². The first-order chi connectivity index (χ1) is 12.1. The first-order valence-electron chi connectivity index (χ1n) is 8.27. The third-order valence-corrected chi connectivity index (χ3v) is 4.11. The summed E-state index contributed by atoms with van der Waals surface area (Å²) in [6.45, 7) is 11.6. The number of benzene rings is 1.